The van der Waals surface area contributed by atoms with Crippen LogP contribution < -0.4 is 0 Å². The van der Waals surface area contributed by atoms with Gasteiger partial charge < -0.3 is 4.74 Å². The molecule has 0 saturated carbocycles. The SMILES string of the molecule is CC(C)(C)OC(=O)c1cccc2cc3cc4ccccc4cc3cc12. The fourth-order valence-corrected chi connectivity index (χ4v) is 3.23. The smallest absolute Gasteiger partial charge is 0.339 e. The molecule has 0 saturated heterocycles. The summed E-state index contributed by atoms with van der Waals surface area (Å²) in [5, 5.41) is 6.70. The largest absolute Gasteiger partial charge is 0.456 e. The molecule has 4 aromatic rings. The maximum absolute atomic E-state index is 12.6. The number of esters is 1. The van der Waals surface area contributed by atoms with Crippen LogP contribution in [0.5, 0.6) is 0 Å². The maximum atomic E-state index is 12.6. The van der Waals surface area contributed by atoms with Crippen molar-refractivity contribution >= 4 is 38.3 Å². The summed E-state index contributed by atoms with van der Waals surface area (Å²) in [6, 6.07) is 22.7. The molecular weight excluding hydrogens is 308 g/mol. The summed E-state index contributed by atoms with van der Waals surface area (Å²) in [4.78, 5) is 12.6. The van der Waals surface area contributed by atoms with Gasteiger partial charge in [-0.05, 0) is 83.4 Å². The number of hydrogen-bond acceptors (Lipinski definition) is 2. The van der Waals surface area contributed by atoms with Crippen molar-refractivity contribution in [3.8, 4) is 0 Å². The van der Waals surface area contributed by atoms with Gasteiger partial charge in [-0.3, -0.25) is 0 Å². The summed E-state index contributed by atoms with van der Waals surface area (Å²) in [7, 11) is 0. The molecule has 0 amide bonds. The van der Waals surface area contributed by atoms with Gasteiger partial charge in [-0.2, -0.15) is 0 Å². The van der Waals surface area contributed by atoms with Crippen molar-refractivity contribution in [1.82, 2.24) is 0 Å². The van der Waals surface area contributed by atoms with Crippen LogP contribution in [0.1, 0.15) is 31.1 Å². The average Bonchev–Trinajstić information content (AvgIpc) is 2.56. The number of benzene rings is 4. The fraction of sp³-hybridized carbons (Fsp3) is 0.174. The zero-order valence-corrected chi connectivity index (χ0v) is 14.7. The summed E-state index contributed by atoms with van der Waals surface area (Å²) >= 11 is 0. The quantitative estimate of drug-likeness (QED) is 0.312. The van der Waals surface area contributed by atoms with E-state index in [0.717, 1.165) is 16.2 Å². The molecule has 0 atom stereocenters. The second-order valence-corrected chi connectivity index (χ2v) is 7.43. The Labute approximate surface area is 147 Å². The lowest BCUT2D eigenvalue weighted by molar-refractivity contribution is 0.00719. The molecule has 124 valence electrons. The lowest BCUT2D eigenvalue weighted by atomic mass is 9.97. The highest BCUT2D eigenvalue weighted by atomic mass is 16.6. The Morgan fingerprint density at radius 3 is 1.92 bits per heavy atom. The third-order valence-electron chi connectivity index (χ3n) is 4.32. The topological polar surface area (TPSA) is 26.3 Å². The summed E-state index contributed by atoms with van der Waals surface area (Å²) in [6.45, 7) is 5.66. The fourth-order valence-electron chi connectivity index (χ4n) is 3.23. The van der Waals surface area contributed by atoms with Crippen molar-refractivity contribution in [3.05, 3.63) is 72.3 Å². The van der Waals surface area contributed by atoms with Crippen molar-refractivity contribution < 1.29 is 9.53 Å². The molecule has 2 nitrogen and oxygen atoms in total. The molecule has 2 heteroatoms. The van der Waals surface area contributed by atoms with Gasteiger partial charge in [0, 0.05) is 0 Å². The monoisotopic (exact) mass is 328 g/mol. The van der Waals surface area contributed by atoms with Crippen LogP contribution in [0.4, 0.5) is 0 Å². The second-order valence-electron chi connectivity index (χ2n) is 7.43. The van der Waals surface area contributed by atoms with Gasteiger partial charge in [-0.1, -0.05) is 36.4 Å². The molecular formula is C23H20O2. The Hall–Kier alpha value is -2.87. The summed E-state index contributed by atoms with van der Waals surface area (Å²) in [5.41, 5.74) is 0.106. The van der Waals surface area contributed by atoms with E-state index in [0.29, 0.717) is 5.56 Å². The predicted octanol–water partition coefficient (Wildman–Crippen LogP) is 6.10. The number of ether oxygens (including phenoxy) is 1. The van der Waals surface area contributed by atoms with Crippen LogP contribution in [0.25, 0.3) is 32.3 Å². The van der Waals surface area contributed by atoms with Crippen molar-refractivity contribution in [3.63, 3.8) is 0 Å². The van der Waals surface area contributed by atoms with E-state index in [1.807, 2.05) is 45.0 Å². The Balaban J connectivity index is 1.95. The molecule has 4 aromatic carbocycles. The molecule has 25 heavy (non-hydrogen) atoms. The van der Waals surface area contributed by atoms with E-state index in [1.165, 1.54) is 16.2 Å². The van der Waals surface area contributed by atoms with Crippen LogP contribution >= 0.6 is 0 Å². The molecule has 0 aliphatic heterocycles. The van der Waals surface area contributed by atoms with Crippen LogP contribution in [-0.2, 0) is 4.74 Å². The Kier molecular flexibility index (Phi) is 3.50. The van der Waals surface area contributed by atoms with E-state index in [-0.39, 0.29) is 5.97 Å². The normalized spacial score (nSPS) is 12.0. The minimum atomic E-state index is -0.508. The van der Waals surface area contributed by atoms with Gasteiger partial charge in [-0.15, -0.1) is 0 Å². The van der Waals surface area contributed by atoms with Crippen molar-refractivity contribution in [2.75, 3.05) is 0 Å². The second kappa shape index (κ2) is 5.59. The highest BCUT2D eigenvalue weighted by Crippen LogP contribution is 2.29. The van der Waals surface area contributed by atoms with Gasteiger partial charge in [-0.25, -0.2) is 4.79 Å². The first kappa shape index (κ1) is 15.6. The van der Waals surface area contributed by atoms with Gasteiger partial charge in [0.2, 0.25) is 0 Å². The average molecular weight is 328 g/mol. The van der Waals surface area contributed by atoms with Gasteiger partial charge in [0.05, 0.1) is 5.56 Å². The van der Waals surface area contributed by atoms with Gasteiger partial charge in [0.25, 0.3) is 0 Å². The van der Waals surface area contributed by atoms with Crippen molar-refractivity contribution in [2.24, 2.45) is 0 Å². The minimum absolute atomic E-state index is 0.279. The van der Waals surface area contributed by atoms with Gasteiger partial charge in [0.15, 0.2) is 0 Å². The third kappa shape index (κ3) is 2.96. The number of carbonyl (C=O) groups is 1. The molecule has 0 aliphatic carbocycles. The van der Waals surface area contributed by atoms with Crippen molar-refractivity contribution in [2.45, 2.75) is 26.4 Å². The molecule has 0 unspecified atom stereocenters. The van der Waals surface area contributed by atoms with Crippen molar-refractivity contribution in [1.29, 1.82) is 0 Å². The Morgan fingerprint density at radius 2 is 1.28 bits per heavy atom. The minimum Gasteiger partial charge on any atom is -0.456 e. The zero-order valence-electron chi connectivity index (χ0n) is 14.7. The van der Waals surface area contributed by atoms with Crippen LogP contribution in [0, 0.1) is 0 Å². The van der Waals surface area contributed by atoms with E-state index in [9.17, 15) is 4.79 Å². The number of carbonyl (C=O) groups excluding carboxylic acids is 1. The van der Waals surface area contributed by atoms with E-state index in [4.69, 9.17) is 4.74 Å². The maximum Gasteiger partial charge on any atom is 0.339 e. The Bertz CT molecular complexity index is 1120. The summed E-state index contributed by atoms with van der Waals surface area (Å²) in [6.07, 6.45) is 0. The highest BCUT2D eigenvalue weighted by molar-refractivity contribution is 6.11. The molecule has 0 bridgehead atoms. The number of hydrogen-bond donors (Lipinski definition) is 0. The third-order valence-corrected chi connectivity index (χ3v) is 4.32. The molecule has 0 fully saturated rings. The molecule has 0 heterocycles. The number of rotatable bonds is 1. The van der Waals surface area contributed by atoms with Crippen LogP contribution in [0.15, 0.2) is 66.7 Å². The zero-order chi connectivity index (χ0) is 17.6. The van der Waals surface area contributed by atoms with Crippen LogP contribution in [0.3, 0.4) is 0 Å². The van der Waals surface area contributed by atoms with Crippen LogP contribution in [-0.4, -0.2) is 11.6 Å². The molecule has 0 radical (unpaired) electrons. The Morgan fingerprint density at radius 1 is 0.720 bits per heavy atom. The van der Waals surface area contributed by atoms with E-state index in [1.54, 1.807) is 0 Å². The first-order valence-electron chi connectivity index (χ1n) is 8.49. The standard InChI is InChI=1S/C23H20O2/c1-23(2,3)25-22(24)20-10-6-9-17-13-18-11-15-7-4-5-8-16(15)12-19(18)14-21(17)20/h4-14H,1-3H3. The molecule has 0 aromatic heterocycles. The van der Waals surface area contributed by atoms with E-state index < -0.39 is 5.60 Å². The van der Waals surface area contributed by atoms with E-state index in [2.05, 4.69) is 42.5 Å². The molecule has 0 spiro atoms. The molecule has 4 rings (SSSR count). The van der Waals surface area contributed by atoms with Gasteiger partial charge in [0.1, 0.15) is 5.60 Å². The highest BCUT2D eigenvalue weighted by Gasteiger charge is 2.19. The lowest BCUT2D eigenvalue weighted by Gasteiger charge is -2.20. The molecule has 0 N–H and O–H groups in total. The first-order chi connectivity index (χ1) is 11.9. The predicted molar refractivity (Wildman–Crippen MR) is 104 cm³/mol. The van der Waals surface area contributed by atoms with Gasteiger partial charge >= 0.3 is 5.97 Å². The molecule has 0 aliphatic rings. The van der Waals surface area contributed by atoms with Crippen LogP contribution in [0.2, 0.25) is 0 Å². The lowest BCUT2D eigenvalue weighted by Crippen LogP contribution is -2.24. The first-order valence-corrected chi connectivity index (χ1v) is 8.49. The van der Waals surface area contributed by atoms with E-state index >= 15 is 0 Å². The summed E-state index contributed by atoms with van der Waals surface area (Å²) < 4.78 is 5.58. The summed E-state index contributed by atoms with van der Waals surface area (Å²) in [5.74, 6) is -0.279. The number of fused-ring (bicyclic) bond motifs is 3.